The third kappa shape index (κ3) is 3.82. The Bertz CT molecular complexity index is 492. The molecule has 0 saturated heterocycles. The van der Waals surface area contributed by atoms with Crippen LogP contribution in [0.2, 0.25) is 0 Å². The van der Waals surface area contributed by atoms with E-state index < -0.39 is 0 Å². The number of hydrogen-bond donors (Lipinski definition) is 0. The van der Waals surface area contributed by atoms with Gasteiger partial charge in [-0.2, -0.15) is 5.26 Å². The van der Waals surface area contributed by atoms with Gasteiger partial charge in [-0.3, -0.25) is 4.79 Å². The fourth-order valence-electron chi connectivity index (χ4n) is 2.35. The molecule has 0 N–H and O–H groups in total. The third-order valence-electron chi connectivity index (χ3n) is 3.42. The van der Waals surface area contributed by atoms with Crippen LogP contribution in [0.3, 0.4) is 0 Å². The van der Waals surface area contributed by atoms with Crippen LogP contribution < -0.4 is 0 Å². The molecule has 0 aliphatic heterocycles. The Balaban J connectivity index is 2.14. The highest BCUT2D eigenvalue weighted by molar-refractivity contribution is 5.94. The summed E-state index contributed by atoms with van der Waals surface area (Å²) < 4.78 is 0. The zero-order valence-electron chi connectivity index (χ0n) is 11.6. The molecule has 0 atom stereocenters. The summed E-state index contributed by atoms with van der Waals surface area (Å²) in [4.78, 5) is 14.4. The molecule has 0 aromatic heterocycles. The molecule has 0 radical (unpaired) electrons. The lowest BCUT2D eigenvalue weighted by Gasteiger charge is -2.22. The monoisotopic (exact) mass is 256 g/mol. The van der Waals surface area contributed by atoms with Crippen LogP contribution in [0.5, 0.6) is 0 Å². The molecule has 1 amide bonds. The third-order valence-corrected chi connectivity index (χ3v) is 3.42. The van der Waals surface area contributed by atoms with E-state index >= 15 is 0 Å². The highest BCUT2D eigenvalue weighted by atomic mass is 16.2. The van der Waals surface area contributed by atoms with Crippen LogP contribution in [0.4, 0.5) is 0 Å². The first-order chi connectivity index (χ1) is 9.10. The van der Waals surface area contributed by atoms with Crippen LogP contribution in [0.25, 0.3) is 0 Å². The van der Waals surface area contributed by atoms with Gasteiger partial charge in [-0.25, -0.2) is 0 Å². The molecule has 0 unspecified atom stereocenters. The summed E-state index contributed by atoms with van der Waals surface area (Å²) in [5, 5.41) is 8.72. The molecule has 0 spiro atoms. The second kappa shape index (κ2) is 5.88. The van der Waals surface area contributed by atoms with Crippen LogP contribution in [0.1, 0.15) is 40.7 Å². The highest BCUT2D eigenvalue weighted by Crippen LogP contribution is 2.30. The smallest absolute Gasteiger partial charge is 0.253 e. The van der Waals surface area contributed by atoms with E-state index in [9.17, 15) is 4.79 Å². The minimum absolute atomic E-state index is 0.0638. The molecule has 0 bridgehead atoms. The van der Waals surface area contributed by atoms with E-state index in [-0.39, 0.29) is 5.91 Å². The molecule has 3 heteroatoms. The first-order valence-electron chi connectivity index (χ1n) is 6.84. The Labute approximate surface area is 114 Å². The second-order valence-corrected chi connectivity index (χ2v) is 5.48. The van der Waals surface area contributed by atoms with Crippen molar-refractivity contribution in [2.24, 2.45) is 5.92 Å². The minimum Gasteiger partial charge on any atom is -0.337 e. The summed E-state index contributed by atoms with van der Waals surface area (Å²) in [5.74, 6) is 0.711. The molecule has 1 aromatic rings. The van der Waals surface area contributed by atoms with Gasteiger partial charge in [-0.1, -0.05) is 17.2 Å². The topological polar surface area (TPSA) is 44.1 Å². The minimum atomic E-state index is 0.0638. The van der Waals surface area contributed by atoms with Crippen molar-refractivity contribution in [3.8, 4) is 6.07 Å². The number of aryl methyl sites for hydroxylation is 2. The van der Waals surface area contributed by atoms with Gasteiger partial charge in [0.05, 0.1) is 12.5 Å². The van der Waals surface area contributed by atoms with Crippen molar-refractivity contribution in [3.63, 3.8) is 0 Å². The number of benzene rings is 1. The normalized spacial score (nSPS) is 13.9. The summed E-state index contributed by atoms with van der Waals surface area (Å²) in [5.41, 5.74) is 2.96. The van der Waals surface area contributed by atoms with Gasteiger partial charge in [0, 0.05) is 18.7 Å². The number of nitriles is 1. The molecule has 19 heavy (non-hydrogen) atoms. The number of carbonyl (C=O) groups excluding carboxylic acids is 1. The van der Waals surface area contributed by atoms with E-state index in [2.05, 4.69) is 12.1 Å². The Hall–Kier alpha value is -1.82. The maximum Gasteiger partial charge on any atom is 0.253 e. The molecule has 1 aromatic carbocycles. The van der Waals surface area contributed by atoms with Crippen molar-refractivity contribution in [1.82, 2.24) is 4.90 Å². The largest absolute Gasteiger partial charge is 0.337 e. The molecule has 100 valence electrons. The fourth-order valence-corrected chi connectivity index (χ4v) is 2.35. The van der Waals surface area contributed by atoms with Crippen LogP contribution in [0.15, 0.2) is 18.2 Å². The first-order valence-corrected chi connectivity index (χ1v) is 6.84. The standard InChI is InChI=1S/C16H20N2O/c1-12-8-13(2)10-15(9-12)16(19)18(7-3-6-17)11-14-4-5-14/h8-10,14H,3-5,7,11H2,1-2H3. The number of nitrogens with zero attached hydrogens (tertiary/aromatic N) is 2. The van der Waals surface area contributed by atoms with Gasteiger partial charge in [0.2, 0.25) is 0 Å². The fraction of sp³-hybridized carbons (Fsp3) is 0.500. The van der Waals surface area contributed by atoms with Crippen molar-refractivity contribution in [1.29, 1.82) is 5.26 Å². The van der Waals surface area contributed by atoms with E-state index in [4.69, 9.17) is 5.26 Å². The summed E-state index contributed by atoms with van der Waals surface area (Å²) in [7, 11) is 0. The lowest BCUT2D eigenvalue weighted by atomic mass is 10.1. The van der Waals surface area contributed by atoms with Gasteiger partial charge < -0.3 is 4.90 Å². The number of hydrogen-bond acceptors (Lipinski definition) is 2. The van der Waals surface area contributed by atoms with Crippen LogP contribution in [-0.2, 0) is 0 Å². The molecule has 1 aliphatic rings. The van der Waals surface area contributed by atoms with Crippen molar-refractivity contribution in [3.05, 3.63) is 34.9 Å². The molecule has 1 aliphatic carbocycles. The average molecular weight is 256 g/mol. The molecular formula is C16H20N2O. The van der Waals surface area contributed by atoms with Crippen molar-refractivity contribution < 1.29 is 4.79 Å². The molecule has 1 saturated carbocycles. The van der Waals surface area contributed by atoms with Gasteiger partial charge in [-0.05, 0) is 44.7 Å². The maximum absolute atomic E-state index is 12.5. The number of amides is 1. The van der Waals surface area contributed by atoms with Gasteiger partial charge in [0.15, 0.2) is 0 Å². The summed E-state index contributed by atoms with van der Waals surface area (Å²) in [6.45, 7) is 5.35. The van der Waals surface area contributed by atoms with Crippen molar-refractivity contribution in [2.45, 2.75) is 33.1 Å². The Kier molecular flexibility index (Phi) is 4.21. The summed E-state index contributed by atoms with van der Waals surface area (Å²) in [6.07, 6.45) is 2.83. The van der Waals surface area contributed by atoms with Crippen LogP contribution in [-0.4, -0.2) is 23.9 Å². The van der Waals surface area contributed by atoms with E-state index in [0.29, 0.717) is 18.9 Å². The van der Waals surface area contributed by atoms with Gasteiger partial charge in [-0.15, -0.1) is 0 Å². The lowest BCUT2D eigenvalue weighted by Crippen LogP contribution is -2.33. The molecule has 0 heterocycles. The molecule has 3 nitrogen and oxygen atoms in total. The van der Waals surface area contributed by atoms with Crippen LogP contribution >= 0.6 is 0 Å². The molecule has 2 rings (SSSR count). The zero-order valence-corrected chi connectivity index (χ0v) is 11.6. The molecular weight excluding hydrogens is 236 g/mol. The SMILES string of the molecule is Cc1cc(C)cc(C(=O)N(CCC#N)CC2CC2)c1. The van der Waals surface area contributed by atoms with E-state index in [0.717, 1.165) is 23.2 Å². The van der Waals surface area contributed by atoms with Gasteiger partial charge in [0.25, 0.3) is 5.91 Å². The first kappa shape index (κ1) is 13.6. The molecule has 1 fully saturated rings. The Morgan fingerprint density at radius 2 is 1.95 bits per heavy atom. The van der Waals surface area contributed by atoms with Crippen LogP contribution in [0, 0.1) is 31.1 Å². The average Bonchev–Trinajstić information content (AvgIpc) is 3.16. The summed E-state index contributed by atoms with van der Waals surface area (Å²) in [6, 6.07) is 8.06. The van der Waals surface area contributed by atoms with Gasteiger partial charge in [0.1, 0.15) is 0 Å². The maximum atomic E-state index is 12.5. The Morgan fingerprint density at radius 3 is 2.47 bits per heavy atom. The number of carbonyl (C=O) groups is 1. The second-order valence-electron chi connectivity index (χ2n) is 5.48. The lowest BCUT2D eigenvalue weighted by molar-refractivity contribution is 0.0751. The quantitative estimate of drug-likeness (QED) is 0.812. The predicted octanol–water partition coefficient (Wildman–Crippen LogP) is 3.07. The van der Waals surface area contributed by atoms with E-state index in [1.807, 2.05) is 30.9 Å². The van der Waals surface area contributed by atoms with E-state index in [1.165, 1.54) is 12.8 Å². The van der Waals surface area contributed by atoms with Crippen molar-refractivity contribution in [2.75, 3.05) is 13.1 Å². The summed E-state index contributed by atoms with van der Waals surface area (Å²) >= 11 is 0. The van der Waals surface area contributed by atoms with Crippen molar-refractivity contribution >= 4 is 5.91 Å². The number of rotatable bonds is 5. The Morgan fingerprint density at radius 1 is 1.32 bits per heavy atom. The highest BCUT2D eigenvalue weighted by Gasteiger charge is 2.27. The van der Waals surface area contributed by atoms with E-state index in [1.54, 1.807) is 0 Å². The predicted molar refractivity (Wildman–Crippen MR) is 74.8 cm³/mol. The zero-order chi connectivity index (χ0) is 13.8. The van der Waals surface area contributed by atoms with Gasteiger partial charge >= 0.3 is 0 Å².